The number of likely N-dealkylation sites (tertiary alicyclic amines) is 1. The van der Waals surface area contributed by atoms with E-state index < -0.39 is 0 Å². The molecule has 0 bridgehead atoms. The number of nitrogens with zero attached hydrogens (tertiary/aromatic N) is 1. The molecule has 1 saturated carbocycles. The van der Waals surface area contributed by atoms with Crippen molar-refractivity contribution < 1.29 is 0 Å². The highest BCUT2D eigenvalue weighted by molar-refractivity contribution is 4.87. The quantitative estimate of drug-likeness (QED) is 0.819. The van der Waals surface area contributed by atoms with Crippen molar-refractivity contribution in [2.24, 2.45) is 17.1 Å². The van der Waals surface area contributed by atoms with Crippen molar-refractivity contribution in [1.29, 1.82) is 0 Å². The Kier molecular flexibility index (Phi) is 4.48. The Morgan fingerprint density at radius 3 is 2.47 bits per heavy atom. The Morgan fingerprint density at radius 2 is 1.88 bits per heavy atom. The SMILES string of the molecule is CC1(C)CCCC(N2CCC(CCN)CC2)C1. The van der Waals surface area contributed by atoms with Gasteiger partial charge in [-0.3, -0.25) is 0 Å². The molecule has 1 atom stereocenters. The number of rotatable bonds is 3. The van der Waals surface area contributed by atoms with E-state index in [0.717, 1.165) is 18.5 Å². The first-order valence-corrected chi connectivity index (χ1v) is 7.55. The van der Waals surface area contributed by atoms with Crippen molar-refractivity contribution in [2.75, 3.05) is 19.6 Å². The summed E-state index contributed by atoms with van der Waals surface area (Å²) in [4.78, 5) is 2.77. The van der Waals surface area contributed by atoms with Gasteiger partial charge >= 0.3 is 0 Å². The zero-order chi connectivity index (χ0) is 12.3. The molecule has 17 heavy (non-hydrogen) atoms. The maximum Gasteiger partial charge on any atom is 0.0100 e. The van der Waals surface area contributed by atoms with Crippen LogP contribution < -0.4 is 5.73 Å². The van der Waals surface area contributed by atoms with Crippen molar-refractivity contribution >= 4 is 0 Å². The average Bonchev–Trinajstić information content (AvgIpc) is 2.29. The lowest BCUT2D eigenvalue weighted by Gasteiger charge is -2.44. The maximum absolute atomic E-state index is 5.66. The average molecular weight is 238 g/mol. The van der Waals surface area contributed by atoms with Gasteiger partial charge in [0.15, 0.2) is 0 Å². The maximum atomic E-state index is 5.66. The van der Waals surface area contributed by atoms with Gasteiger partial charge in [0.25, 0.3) is 0 Å². The Morgan fingerprint density at radius 1 is 1.18 bits per heavy atom. The van der Waals surface area contributed by atoms with Gasteiger partial charge in [0.05, 0.1) is 0 Å². The zero-order valence-corrected chi connectivity index (χ0v) is 11.8. The molecular formula is C15H30N2. The summed E-state index contributed by atoms with van der Waals surface area (Å²) in [7, 11) is 0. The molecule has 1 aliphatic heterocycles. The summed E-state index contributed by atoms with van der Waals surface area (Å²) >= 11 is 0. The van der Waals surface area contributed by atoms with Crippen LogP contribution in [0, 0.1) is 11.3 Å². The normalized spacial score (nSPS) is 31.6. The molecule has 2 rings (SSSR count). The van der Waals surface area contributed by atoms with E-state index in [-0.39, 0.29) is 0 Å². The van der Waals surface area contributed by atoms with Gasteiger partial charge in [-0.05, 0) is 69.5 Å². The van der Waals surface area contributed by atoms with E-state index >= 15 is 0 Å². The van der Waals surface area contributed by atoms with Crippen LogP contribution >= 0.6 is 0 Å². The largest absolute Gasteiger partial charge is 0.330 e. The van der Waals surface area contributed by atoms with Crippen LogP contribution in [0.15, 0.2) is 0 Å². The Labute approximate surface area is 107 Å². The van der Waals surface area contributed by atoms with Crippen molar-refractivity contribution in [3.8, 4) is 0 Å². The first-order valence-electron chi connectivity index (χ1n) is 7.55. The summed E-state index contributed by atoms with van der Waals surface area (Å²) in [5, 5.41) is 0. The molecule has 2 fully saturated rings. The monoisotopic (exact) mass is 238 g/mol. The second-order valence-electron chi connectivity index (χ2n) is 6.97. The lowest BCUT2D eigenvalue weighted by Crippen LogP contribution is -2.45. The Bertz CT molecular complexity index is 229. The first-order chi connectivity index (χ1) is 8.11. The summed E-state index contributed by atoms with van der Waals surface area (Å²) in [6, 6.07) is 0.873. The molecule has 0 aromatic rings. The summed E-state index contributed by atoms with van der Waals surface area (Å²) in [6.07, 6.45) is 9.71. The summed E-state index contributed by atoms with van der Waals surface area (Å²) in [6.45, 7) is 8.42. The van der Waals surface area contributed by atoms with Crippen molar-refractivity contribution in [3.05, 3.63) is 0 Å². The topological polar surface area (TPSA) is 29.3 Å². The molecule has 1 unspecified atom stereocenters. The van der Waals surface area contributed by atoms with Crippen LogP contribution in [-0.2, 0) is 0 Å². The van der Waals surface area contributed by atoms with E-state index in [9.17, 15) is 0 Å². The fourth-order valence-electron chi connectivity index (χ4n) is 3.81. The number of piperidine rings is 1. The standard InChI is InChI=1S/C15H30N2/c1-15(2)8-3-4-14(12-15)17-10-6-13(5-9-16)7-11-17/h13-14H,3-12,16H2,1-2H3. The molecule has 0 aromatic carbocycles. The molecule has 2 heteroatoms. The smallest absolute Gasteiger partial charge is 0.0100 e. The van der Waals surface area contributed by atoms with Crippen LogP contribution in [0.3, 0.4) is 0 Å². The van der Waals surface area contributed by atoms with Gasteiger partial charge in [-0.1, -0.05) is 20.3 Å². The lowest BCUT2D eigenvalue weighted by atomic mass is 9.74. The minimum Gasteiger partial charge on any atom is -0.330 e. The van der Waals surface area contributed by atoms with Gasteiger partial charge in [-0.15, -0.1) is 0 Å². The van der Waals surface area contributed by atoms with Crippen molar-refractivity contribution in [2.45, 2.75) is 64.8 Å². The fourth-order valence-corrected chi connectivity index (χ4v) is 3.81. The van der Waals surface area contributed by atoms with Crippen LogP contribution in [0.2, 0.25) is 0 Å². The Balaban J connectivity index is 1.80. The van der Waals surface area contributed by atoms with Crippen molar-refractivity contribution in [1.82, 2.24) is 4.90 Å². The number of hydrogen-bond acceptors (Lipinski definition) is 2. The van der Waals surface area contributed by atoms with E-state index in [0.29, 0.717) is 5.41 Å². The fraction of sp³-hybridized carbons (Fsp3) is 1.00. The second-order valence-corrected chi connectivity index (χ2v) is 6.97. The summed E-state index contributed by atoms with van der Waals surface area (Å²) in [5.41, 5.74) is 6.24. The molecule has 1 heterocycles. The van der Waals surface area contributed by atoms with E-state index in [1.807, 2.05) is 0 Å². The molecule has 1 saturated heterocycles. The van der Waals surface area contributed by atoms with Gasteiger partial charge in [0, 0.05) is 6.04 Å². The van der Waals surface area contributed by atoms with Gasteiger partial charge in [-0.2, -0.15) is 0 Å². The molecule has 2 nitrogen and oxygen atoms in total. The van der Waals surface area contributed by atoms with Crippen LogP contribution in [0.4, 0.5) is 0 Å². The summed E-state index contributed by atoms with van der Waals surface area (Å²) < 4.78 is 0. The third-order valence-corrected chi connectivity index (χ3v) is 4.92. The van der Waals surface area contributed by atoms with Crippen LogP contribution in [0.5, 0.6) is 0 Å². The Hall–Kier alpha value is -0.0800. The van der Waals surface area contributed by atoms with Gasteiger partial charge < -0.3 is 10.6 Å². The van der Waals surface area contributed by atoms with Crippen molar-refractivity contribution in [3.63, 3.8) is 0 Å². The predicted molar refractivity (Wildman–Crippen MR) is 74.0 cm³/mol. The highest BCUT2D eigenvalue weighted by Gasteiger charge is 2.32. The molecule has 1 aliphatic carbocycles. The van der Waals surface area contributed by atoms with Crippen LogP contribution in [-0.4, -0.2) is 30.6 Å². The third kappa shape index (κ3) is 3.69. The number of nitrogens with two attached hydrogens (primary N) is 1. The molecular weight excluding hydrogens is 208 g/mol. The van der Waals surface area contributed by atoms with E-state index in [1.165, 1.54) is 58.0 Å². The molecule has 100 valence electrons. The van der Waals surface area contributed by atoms with Crippen LogP contribution in [0.1, 0.15) is 58.8 Å². The summed E-state index contributed by atoms with van der Waals surface area (Å²) in [5.74, 6) is 0.910. The molecule has 0 aromatic heterocycles. The van der Waals surface area contributed by atoms with E-state index in [1.54, 1.807) is 0 Å². The minimum absolute atomic E-state index is 0.580. The highest BCUT2D eigenvalue weighted by Crippen LogP contribution is 2.38. The van der Waals surface area contributed by atoms with Gasteiger partial charge in [0.1, 0.15) is 0 Å². The predicted octanol–water partition coefficient (Wildman–Crippen LogP) is 3.02. The minimum atomic E-state index is 0.580. The number of hydrogen-bond donors (Lipinski definition) is 1. The zero-order valence-electron chi connectivity index (χ0n) is 11.8. The molecule has 2 aliphatic rings. The molecule has 0 radical (unpaired) electrons. The van der Waals surface area contributed by atoms with Crippen LogP contribution in [0.25, 0.3) is 0 Å². The molecule has 2 N–H and O–H groups in total. The van der Waals surface area contributed by atoms with Gasteiger partial charge in [-0.25, -0.2) is 0 Å². The third-order valence-electron chi connectivity index (χ3n) is 4.92. The highest BCUT2D eigenvalue weighted by atomic mass is 15.2. The van der Waals surface area contributed by atoms with Gasteiger partial charge in [0.2, 0.25) is 0 Å². The molecule has 0 amide bonds. The van der Waals surface area contributed by atoms with E-state index in [4.69, 9.17) is 5.73 Å². The molecule has 0 spiro atoms. The first kappa shape index (κ1) is 13.4. The second kappa shape index (κ2) is 5.71. The lowest BCUT2D eigenvalue weighted by molar-refractivity contribution is 0.0645. The van der Waals surface area contributed by atoms with E-state index in [2.05, 4.69) is 18.7 Å².